The average molecular weight is 339 g/mol. The van der Waals surface area contributed by atoms with Gasteiger partial charge in [0.1, 0.15) is 4.90 Å². The summed E-state index contributed by atoms with van der Waals surface area (Å²) >= 11 is 11.8. The number of nitrogens with one attached hydrogen (secondary N) is 1. The summed E-state index contributed by atoms with van der Waals surface area (Å²) in [6.07, 6.45) is 1.65. The van der Waals surface area contributed by atoms with Crippen LogP contribution in [0.3, 0.4) is 0 Å². The Labute approximate surface area is 128 Å². The zero-order chi connectivity index (χ0) is 14.9. The molecule has 0 bridgehead atoms. The lowest BCUT2D eigenvalue weighted by Crippen LogP contribution is -2.40. The van der Waals surface area contributed by atoms with Crippen molar-refractivity contribution in [3.63, 3.8) is 0 Å². The number of nitrogen functional groups attached to an aromatic ring is 1. The molecule has 0 radical (unpaired) electrons. The standard InChI is InChI=1S/C12H16Cl2N2O3S/c1-7(9-3-2-6-19-9)16-20(17,18)10-5-4-8(13)12(15)11(10)14/h4-5,7,9,16H,2-3,6,15H2,1H3. The SMILES string of the molecule is CC(NS(=O)(=O)c1ccc(Cl)c(N)c1Cl)C1CCCO1. The number of anilines is 1. The van der Waals surface area contributed by atoms with Gasteiger partial charge in [0.2, 0.25) is 10.0 Å². The molecule has 112 valence electrons. The van der Waals surface area contributed by atoms with Crippen LogP contribution < -0.4 is 10.5 Å². The van der Waals surface area contributed by atoms with Gasteiger partial charge in [0.05, 0.1) is 21.8 Å². The Morgan fingerprint density at radius 1 is 1.45 bits per heavy atom. The second-order valence-corrected chi connectivity index (χ2v) is 7.20. The monoisotopic (exact) mass is 338 g/mol. The van der Waals surface area contributed by atoms with Gasteiger partial charge in [-0.25, -0.2) is 13.1 Å². The molecule has 3 N–H and O–H groups in total. The fourth-order valence-corrected chi connectivity index (χ4v) is 4.17. The molecular formula is C12H16Cl2N2O3S. The fourth-order valence-electron chi connectivity index (χ4n) is 2.14. The zero-order valence-electron chi connectivity index (χ0n) is 10.9. The predicted octanol–water partition coefficient (Wildman–Crippen LogP) is 2.42. The van der Waals surface area contributed by atoms with Crippen molar-refractivity contribution in [1.29, 1.82) is 0 Å². The molecule has 1 fully saturated rings. The number of sulfonamides is 1. The van der Waals surface area contributed by atoms with Crippen molar-refractivity contribution < 1.29 is 13.2 Å². The van der Waals surface area contributed by atoms with Gasteiger partial charge in [-0.1, -0.05) is 23.2 Å². The first-order valence-corrected chi connectivity index (χ1v) is 8.44. The van der Waals surface area contributed by atoms with Gasteiger partial charge in [-0.2, -0.15) is 0 Å². The lowest BCUT2D eigenvalue weighted by molar-refractivity contribution is 0.0902. The van der Waals surface area contributed by atoms with Crippen molar-refractivity contribution in [2.45, 2.75) is 36.8 Å². The highest BCUT2D eigenvalue weighted by Gasteiger charge is 2.28. The molecule has 0 saturated carbocycles. The average Bonchev–Trinajstić information content (AvgIpc) is 2.89. The quantitative estimate of drug-likeness (QED) is 0.826. The molecule has 2 unspecified atom stereocenters. The van der Waals surface area contributed by atoms with E-state index in [9.17, 15) is 8.42 Å². The molecule has 1 aliphatic rings. The topological polar surface area (TPSA) is 81.4 Å². The fraction of sp³-hybridized carbons (Fsp3) is 0.500. The third-order valence-electron chi connectivity index (χ3n) is 3.24. The molecule has 2 atom stereocenters. The van der Waals surface area contributed by atoms with Crippen molar-refractivity contribution in [3.8, 4) is 0 Å². The Kier molecular flexibility index (Phi) is 4.81. The van der Waals surface area contributed by atoms with Gasteiger partial charge in [-0.3, -0.25) is 0 Å². The lowest BCUT2D eigenvalue weighted by Gasteiger charge is -2.20. The minimum Gasteiger partial charge on any atom is -0.396 e. The van der Waals surface area contributed by atoms with Crippen LogP contribution in [0.4, 0.5) is 5.69 Å². The minimum atomic E-state index is -3.77. The summed E-state index contributed by atoms with van der Waals surface area (Å²) in [5.74, 6) is 0. The van der Waals surface area contributed by atoms with Crippen LogP contribution in [0, 0.1) is 0 Å². The Morgan fingerprint density at radius 2 is 2.15 bits per heavy atom. The van der Waals surface area contributed by atoms with Crippen LogP contribution in [-0.2, 0) is 14.8 Å². The molecule has 0 aromatic heterocycles. The van der Waals surface area contributed by atoms with Crippen molar-refractivity contribution in [3.05, 3.63) is 22.2 Å². The Morgan fingerprint density at radius 3 is 2.75 bits per heavy atom. The summed E-state index contributed by atoms with van der Waals surface area (Å²) in [4.78, 5) is -0.0779. The van der Waals surface area contributed by atoms with Gasteiger partial charge in [0.25, 0.3) is 0 Å². The van der Waals surface area contributed by atoms with E-state index in [4.69, 9.17) is 33.7 Å². The van der Waals surface area contributed by atoms with Gasteiger partial charge in [0, 0.05) is 12.6 Å². The molecule has 1 aliphatic heterocycles. The van der Waals surface area contributed by atoms with Gasteiger partial charge in [0.15, 0.2) is 0 Å². The molecule has 2 rings (SSSR count). The van der Waals surface area contributed by atoms with Crippen LogP contribution in [-0.4, -0.2) is 27.2 Å². The molecule has 1 aromatic carbocycles. The summed E-state index contributed by atoms with van der Waals surface area (Å²) in [5.41, 5.74) is 5.71. The largest absolute Gasteiger partial charge is 0.396 e. The first kappa shape index (κ1) is 15.9. The van der Waals surface area contributed by atoms with E-state index in [2.05, 4.69) is 4.72 Å². The van der Waals surface area contributed by atoms with Gasteiger partial charge in [-0.15, -0.1) is 0 Å². The maximum Gasteiger partial charge on any atom is 0.242 e. The zero-order valence-corrected chi connectivity index (χ0v) is 13.2. The molecule has 5 nitrogen and oxygen atoms in total. The predicted molar refractivity (Wildman–Crippen MR) is 79.6 cm³/mol. The van der Waals surface area contributed by atoms with Crippen LogP contribution in [0.1, 0.15) is 19.8 Å². The molecular weight excluding hydrogens is 323 g/mol. The maximum atomic E-state index is 12.3. The molecule has 0 amide bonds. The Balaban J connectivity index is 2.24. The maximum absolute atomic E-state index is 12.3. The third-order valence-corrected chi connectivity index (χ3v) is 5.69. The number of rotatable bonds is 4. The van der Waals surface area contributed by atoms with E-state index in [-0.39, 0.29) is 32.8 Å². The van der Waals surface area contributed by atoms with Crippen molar-refractivity contribution >= 4 is 38.9 Å². The first-order chi connectivity index (χ1) is 9.33. The lowest BCUT2D eigenvalue weighted by atomic mass is 10.1. The molecule has 0 aliphatic carbocycles. The number of halogens is 2. The normalized spacial score (nSPS) is 21.1. The number of benzene rings is 1. The van der Waals surface area contributed by atoms with E-state index in [1.165, 1.54) is 12.1 Å². The van der Waals surface area contributed by atoms with Gasteiger partial charge in [-0.05, 0) is 31.9 Å². The van der Waals surface area contributed by atoms with E-state index >= 15 is 0 Å². The Bertz CT molecular complexity index is 601. The molecule has 1 aromatic rings. The molecule has 1 heterocycles. The molecule has 0 spiro atoms. The Hall–Kier alpha value is -0.530. The van der Waals surface area contributed by atoms with Gasteiger partial charge < -0.3 is 10.5 Å². The van der Waals surface area contributed by atoms with E-state index in [0.717, 1.165) is 12.8 Å². The second kappa shape index (κ2) is 6.07. The smallest absolute Gasteiger partial charge is 0.242 e. The van der Waals surface area contributed by atoms with Crippen LogP contribution in [0.5, 0.6) is 0 Å². The second-order valence-electron chi connectivity index (χ2n) is 4.73. The van der Waals surface area contributed by atoms with Gasteiger partial charge >= 0.3 is 0 Å². The summed E-state index contributed by atoms with van der Waals surface area (Å²) in [7, 11) is -3.77. The number of ether oxygens (including phenoxy) is 1. The van der Waals surface area contributed by atoms with Crippen molar-refractivity contribution in [1.82, 2.24) is 4.72 Å². The summed E-state index contributed by atoms with van der Waals surface area (Å²) in [6, 6.07) is 2.41. The first-order valence-electron chi connectivity index (χ1n) is 6.20. The number of hydrogen-bond donors (Lipinski definition) is 2. The van der Waals surface area contributed by atoms with E-state index in [1.54, 1.807) is 6.92 Å². The van der Waals surface area contributed by atoms with E-state index in [0.29, 0.717) is 6.61 Å². The number of hydrogen-bond acceptors (Lipinski definition) is 4. The van der Waals surface area contributed by atoms with Crippen LogP contribution in [0.25, 0.3) is 0 Å². The van der Waals surface area contributed by atoms with Crippen molar-refractivity contribution in [2.75, 3.05) is 12.3 Å². The van der Waals surface area contributed by atoms with Crippen LogP contribution in [0.2, 0.25) is 10.0 Å². The minimum absolute atomic E-state index is 0.0565. The summed E-state index contributed by atoms with van der Waals surface area (Å²) in [5, 5.41) is 0.158. The highest BCUT2D eigenvalue weighted by Crippen LogP contribution is 2.33. The third kappa shape index (κ3) is 3.20. The van der Waals surface area contributed by atoms with E-state index < -0.39 is 10.0 Å². The molecule has 8 heteroatoms. The van der Waals surface area contributed by atoms with Crippen LogP contribution >= 0.6 is 23.2 Å². The molecule has 20 heavy (non-hydrogen) atoms. The summed E-state index contributed by atoms with van der Waals surface area (Å²) < 4.78 is 32.7. The van der Waals surface area contributed by atoms with Crippen molar-refractivity contribution in [2.24, 2.45) is 0 Å². The highest BCUT2D eigenvalue weighted by atomic mass is 35.5. The van der Waals surface area contributed by atoms with Crippen LogP contribution in [0.15, 0.2) is 17.0 Å². The summed E-state index contributed by atoms with van der Waals surface area (Å²) in [6.45, 7) is 2.42. The number of nitrogens with two attached hydrogens (primary N) is 1. The van der Waals surface area contributed by atoms with E-state index in [1.807, 2.05) is 0 Å². The molecule has 1 saturated heterocycles. The highest BCUT2D eigenvalue weighted by molar-refractivity contribution is 7.89.